The highest BCUT2D eigenvalue weighted by Crippen LogP contribution is 2.39. The van der Waals surface area contributed by atoms with Crippen molar-refractivity contribution in [3.63, 3.8) is 0 Å². The first kappa shape index (κ1) is 22.2. The Labute approximate surface area is 194 Å². The molecule has 4 rings (SSSR count). The molecule has 0 radical (unpaired) electrons. The fourth-order valence-corrected chi connectivity index (χ4v) is 5.14. The number of thioether (sulfide) groups is 1. The van der Waals surface area contributed by atoms with Crippen molar-refractivity contribution in [3.05, 3.63) is 64.6 Å². The average molecular weight is 448 g/mol. The number of carbonyl (C=O) groups excluding carboxylic acids is 1. The van der Waals surface area contributed by atoms with Gasteiger partial charge in [0.05, 0.1) is 22.7 Å². The van der Waals surface area contributed by atoms with E-state index in [0.717, 1.165) is 23.5 Å². The molecular weight excluding hydrogens is 418 g/mol. The highest BCUT2D eigenvalue weighted by atomic mass is 32.2. The minimum atomic E-state index is -0.124. The third-order valence-electron chi connectivity index (χ3n) is 5.64. The van der Waals surface area contributed by atoms with Crippen molar-refractivity contribution in [1.29, 1.82) is 0 Å². The van der Waals surface area contributed by atoms with Gasteiger partial charge in [-0.1, -0.05) is 12.1 Å². The predicted octanol–water partition coefficient (Wildman–Crippen LogP) is 6.00. The second-order valence-electron chi connectivity index (χ2n) is 8.41. The van der Waals surface area contributed by atoms with Gasteiger partial charge in [-0.25, -0.2) is 4.99 Å². The first-order valence-electron chi connectivity index (χ1n) is 10.9. The number of rotatable bonds is 5. The van der Waals surface area contributed by atoms with Gasteiger partial charge in [0.1, 0.15) is 5.75 Å². The number of anilines is 1. The van der Waals surface area contributed by atoms with E-state index in [4.69, 9.17) is 4.74 Å². The maximum Gasteiger partial charge on any atom is 0.264 e. The zero-order valence-electron chi connectivity index (χ0n) is 19.2. The minimum absolute atomic E-state index is 0.0146. The van der Waals surface area contributed by atoms with E-state index in [1.54, 1.807) is 0 Å². The van der Waals surface area contributed by atoms with Crippen LogP contribution in [0, 0.1) is 0 Å². The fourth-order valence-electron chi connectivity index (χ4n) is 4.30. The van der Waals surface area contributed by atoms with Gasteiger partial charge in [0.25, 0.3) is 5.91 Å². The normalized spacial score (nSPS) is 19.7. The number of likely N-dealkylation sites (N-methyl/N-ethyl adjacent to an activating group) is 1. The summed E-state index contributed by atoms with van der Waals surface area (Å²) in [5, 5.41) is 3.45. The number of ether oxygens (including phenoxy) is 1. The Morgan fingerprint density at radius 1 is 1.16 bits per heavy atom. The molecule has 1 N–H and O–H groups in total. The van der Waals surface area contributed by atoms with E-state index in [1.807, 2.05) is 37.3 Å². The highest BCUT2D eigenvalue weighted by Gasteiger charge is 2.30. The molecule has 1 saturated heterocycles. The largest absolute Gasteiger partial charge is 0.494 e. The number of benzene rings is 2. The van der Waals surface area contributed by atoms with Crippen LogP contribution in [0.4, 0.5) is 11.4 Å². The summed E-state index contributed by atoms with van der Waals surface area (Å²) >= 11 is 1.36. The SMILES string of the molecule is CCOc1ccc(N=C2NC(=O)/C(=C\c3ccc4c(c3)C(C)=CC(C)(C)N4CC)S2)cc1. The Bertz CT molecular complexity index is 1130. The van der Waals surface area contributed by atoms with Crippen molar-refractivity contribution in [1.82, 2.24) is 5.32 Å². The van der Waals surface area contributed by atoms with Crippen molar-refractivity contribution in [2.24, 2.45) is 4.99 Å². The van der Waals surface area contributed by atoms with Crippen molar-refractivity contribution < 1.29 is 9.53 Å². The number of nitrogens with one attached hydrogen (secondary N) is 1. The number of hydrogen-bond acceptors (Lipinski definition) is 5. The molecule has 0 saturated carbocycles. The van der Waals surface area contributed by atoms with Crippen molar-refractivity contribution in [2.45, 2.75) is 40.2 Å². The van der Waals surface area contributed by atoms with Gasteiger partial charge < -0.3 is 15.0 Å². The third-order valence-corrected chi connectivity index (χ3v) is 6.55. The summed E-state index contributed by atoms with van der Waals surface area (Å²) in [6.45, 7) is 12.3. The molecule has 0 spiro atoms. The topological polar surface area (TPSA) is 53.9 Å². The van der Waals surface area contributed by atoms with Gasteiger partial charge in [0.2, 0.25) is 0 Å². The Morgan fingerprint density at radius 3 is 2.59 bits per heavy atom. The lowest BCUT2D eigenvalue weighted by molar-refractivity contribution is -0.115. The first-order valence-corrected chi connectivity index (χ1v) is 11.8. The van der Waals surface area contributed by atoms with E-state index in [0.29, 0.717) is 16.7 Å². The van der Waals surface area contributed by atoms with Crippen LogP contribution in [0.15, 0.2) is 58.4 Å². The van der Waals surface area contributed by atoms with Crippen molar-refractivity contribution in [2.75, 3.05) is 18.1 Å². The summed E-state index contributed by atoms with van der Waals surface area (Å²) in [5.74, 6) is 0.683. The molecule has 0 bridgehead atoms. The molecular formula is C26H29N3O2S. The van der Waals surface area contributed by atoms with Gasteiger partial charge in [-0.2, -0.15) is 0 Å². The van der Waals surface area contributed by atoms with Crippen LogP contribution in [0.3, 0.4) is 0 Å². The number of nitrogens with zero attached hydrogens (tertiary/aromatic N) is 2. The molecule has 1 fully saturated rings. The Morgan fingerprint density at radius 2 is 1.91 bits per heavy atom. The molecule has 0 aliphatic carbocycles. The Kier molecular flexibility index (Phi) is 6.15. The van der Waals surface area contributed by atoms with E-state index in [1.165, 1.54) is 28.6 Å². The lowest BCUT2D eigenvalue weighted by Crippen LogP contribution is -2.44. The van der Waals surface area contributed by atoms with E-state index < -0.39 is 0 Å². The number of fused-ring (bicyclic) bond motifs is 1. The van der Waals surface area contributed by atoms with Gasteiger partial charge in [0, 0.05) is 17.8 Å². The summed E-state index contributed by atoms with van der Waals surface area (Å²) in [7, 11) is 0. The number of amidine groups is 1. The van der Waals surface area contributed by atoms with Crippen LogP contribution in [0.5, 0.6) is 5.75 Å². The van der Waals surface area contributed by atoms with E-state index in [9.17, 15) is 4.79 Å². The molecule has 0 atom stereocenters. The number of amides is 1. The first-order chi connectivity index (χ1) is 15.3. The summed E-state index contributed by atoms with van der Waals surface area (Å²) < 4.78 is 5.46. The van der Waals surface area contributed by atoms with E-state index >= 15 is 0 Å². The second-order valence-corrected chi connectivity index (χ2v) is 9.44. The smallest absolute Gasteiger partial charge is 0.264 e. The van der Waals surface area contributed by atoms with Gasteiger partial charge >= 0.3 is 0 Å². The molecule has 2 aliphatic rings. The molecule has 6 heteroatoms. The van der Waals surface area contributed by atoms with Gasteiger partial charge in [-0.15, -0.1) is 0 Å². The summed E-state index contributed by atoms with van der Waals surface area (Å²) in [6.07, 6.45) is 4.25. The quantitative estimate of drug-likeness (QED) is 0.571. The van der Waals surface area contributed by atoms with Crippen LogP contribution in [-0.4, -0.2) is 29.8 Å². The number of hydrogen-bond donors (Lipinski definition) is 1. The van der Waals surface area contributed by atoms with E-state index in [2.05, 4.69) is 67.2 Å². The third kappa shape index (κ3) is 4.46. The zero-order chi connectivity index (χ0) is 22.9. The van der Waals surface area contributed by atoms with Crippen LogP contribution >= 0.6 is 11.8 Å². The Balaban J connectivity index is 1.57. The maximum absolute atomic E-state index is 12.5. The molecule has 5 nitrogen and oxygen atoms in total. The van der Waals surface area contributed by atoms with Crippen molar-refractivity contribution in [3.8, 4) is 5.75 Å². The molecule has 1 amide bonds. The van der Waals surface area contributed by atoms with Crippen LogP contribution < -0.4 is 15.0 Å². The molecule has 32 heavy (non-hydrogen) atoms. The second kappa shape index (κ2) is 8.87. The maximum atomic E-state index is 12.5. The van der Waals surface area contributed by atoms with Gasteiger partial charge in [-0.05, 0) is 100.0 Å². The van der Waals surface area contributed by atoms with Gasteiger partial charge in [0.15, 0.2) is 5.17 Å². The molecule has 0 unspecified atom stereocenters. The molecule has 0 aromatic heterocycles. The lowest BCUT2D eigenvalue weighted by Gasteiger charge is -2.42. The average Bonchev–Trinajstić information content (AvgIpc) is 3.08. The number of carbonyl (C=O) groups is 1. The summed E-state index contributed by atoms with van der Waals surface area (Å²) in [6, 6.07) is 13.9. The monoisotopic (exact) mass is 447 g/mol. The zero-order valence-corrected chi connectivity index (χ0v) is 20.0. The van der Waals surface area contributed by atoms with Crippen LogP contribution in [0.1, 0.15) is 45.7 Å². The standard InChI is InChI=1S/C26H29N3O2S/c1-6-29-22-13-8-18(14-21(22)17(3)16-26(29,4)5)15-23-24(30)28-25(32-23)27-19-9-11-20(12-10-19)31-7-2/h8-16H,6-7H2,1-5H3,(H,27,28,30)/b23-15+. The predicted molar refractivity (Wildman–Crippen MR) is 136 cm³/mol. The van der Waals surface area contributed by atoms with Crippen molar-refractivity contribution >= 4 is 45.9 Å². The summed E-state index contributed by atoms with van der Waals surface area (Å²) in [4.78, 5) is 20.1. The van der Waals surface area contributed by atoms with Crippen LogP contribution in [-0.2, 0) is 4.79 Å². The summed E-state index contributed by atoms with van der Waals surface area (Å²) in [5.41, 5.74) is 5.48. The number of aliphatic imine (C=N–C) groups is 1. The van der Waals surface area contributed by atoms with Gasteiger partial charge in [-0.3, -0.25) is 4.79 Å². The fraction of sp³-hybridized carbons (Fsp3) is 0.308. The molecule has 166 valence electrons. The molecule has 2 heterocycles. The molecule has 2 aromatic rings. The van der Waals surface area contributed by atoms with E-state index in [-0.39, 0.29) is 11.4 Å². The molecule has 2 aliphatic heterocycles. The van der Waals surface area contributed by atoms with Crippen LogP contribution in [0.25, 0.3) is 11.6 Å². The lowest BCUT2D eigenvalue weighted by atomic mass is 9.88. The molecule has 2 aromatic carbocycles. The highest BCUT2D eigenvalue weighted by molar-refractivity contribution is 8.18. The minimum Gasteiger partial charge on any atom is -0.494 e. The van der Waals surface area contributed by atoms with Crippen LogP contribution in [0.2, 0.25) is 0 Å². The number of allylic oxidation sites excluding steroid dienone is 1. The Hall–Kier alpha value is -2.99.